The average Bonchev–Trinajstić information content (AvgIpc) is 3.18. The van der Waals surface area contributed by atoms with Gasteiger partial charge in [-0.1, -0.05) is 48.5 Å². The number of rotatable bonds is 7. The molecule has 2 saturated heterocycles. The van der Waals surface area contributed by atoms with Crippen LogP contribution in [0.1, 0.15) is 24.0 Å². The molecule has 0 atom stereocenters. The van der Waals surface area contributed by atoms with Crippen LogP contribution in [0.15, 0.2) is 61.2 Å². The molecule has 2 aromatic carbocycles. The number of piperidine rings is 1. The van der Waals surface area contributed by atoms with Gasteiger partial charge in [-0.15, -0.1) is 6.58 Å². The van der Waals surface area contributed by atoms with E-state index in [4.69, 9.17) is 0 Å². The molecular formula is C25H31F2N3. The number of nitrogens with zero attached hydrogens (tertiary/aromatic N) is 3. The topological polar surface area (TPSA) is 9.72 Å². The third-order valence-electron chi connectivity index (χ3n) is 6.13. The summed E-state index contributed by atoms with van der Waals surface area (Å²) in [7, 11) is 0. The second kappa shape index (κ2) is 9.38. The standard InChI is InChI=1S/C25H31F2N3/c1-2-12-29-15-16-30(20-29)18-21-6-8-23(9-7-21)24-5-3-4-22(17-24)19-28-13-10-25(26,27)11-14-28/h2-9,17H,1,10-16,18-20H2. The van der Waals surface area contributed by atoms with Gasteiger partial charge in [0.25, 0.3) is 5.92 Å². The van der Waals surface area contributed by atoms with Crippen LogP contribution in [-0.4, -0.2) is 60.0 Å². The first-order valence-electron chi connectivity index (χ1n) is 10.8. The molecule has 5 heteroatoms. The maximum Gasteiger partial charge on any atom is 0.250 e. The van der Waals surface area contributed by atoms with Crippen molar-refractivity contribution in [2.45, 2.75) is 31.9 Å². The molecule has 0 saturated carbocycles. The third-order valence-corrected chi connectivity index (χ3v) is 6.13. The normalized spacial score (nSPS) is 20.5. The Hall–Kier alpha value is -2.08. The summed E-state index contributed by atoms with van der Waals surface area (Å²) in [5, 5.41) is 0. The van der Waals surface area contributed by atoms with E-state index in [9.17, 15) is 8.78 Å². The van der Waals surface area contributed by atoms with Gasteiger partial charge in [-0.2, -0.15) is 0 Å². The van der Waals surface area contributed by atoms with Crippen molar-refractivity contribution >= 4 is 0 Å². The first kappa shape index (κ1) is 21.2. The Morgan fingerprint density at radius 3 is 2.23 bits per heavy atom. The quantitative estimate of drug-likeness (QED) is 0.604. The lowest BCUT2D eigenvalue weighted by Crippen LogP contribution is -2.38. The summed E-state index contributed by atoms with van der Waals surface area (Å²) < 4.78 is 26.8. The van der Waals surface area contributed by atoms with Crippen LogP contribution in [0.4, 0.5) is 8.78 Å². The van der Waals surface area contributed by atoms with E-state index in [1.807, 2.05) is 6.08 Å². The van der Waals surface area contributed by atoms with E-state index in [0.29, 0.717) is 13.1 Å². The summed E-state index contributed by atoms with van der Waals surface area (Å²) >= 11 is 0. The minimum absolute atomic E-state index is 0.0312. The van der Waals surface area contributed by atoms with Crippen molar-refractivity contribution in [1.82, 2.24) is 14.7 Å². The van der Waals surface area contributed by atoms with Crippen molar-refractivity contribution in [3.63, 3.8) is 0 Å². The number of hydrogen-bond donors (Lipinski definition) is 0. The van der Waals surface area contributed by atoms with Crippen LogP contribution in [-0.2, 0) is 13.1 Å². The number of halogens is 2. The molecule has 0 spiro atoms. The molecule has 0 amide bonds. The summed E-state index contributed by atoms with van der Waals surface area (Å²) in [6.45, 7) is 10.6. The van der Waals surface area contributed by atoms with Crippen molar-refractivity contribution in [3.8, 4) is 11.1 Å². The zero-order valence-corrected chi connectivity index (χ0v) is 17.6. The fraction of sp³-hybridized carbons (Fsp3) is 0.440. The van der Waals surface area contributed by atoms with Gasteiger partial charge in [0.1, 0.15) is 0 Å². The first-order valence-corrected chi connectivity index (χ1v) is 10.8. The number of benzene rings is 2. The fourth-order valence-electron chi connectivity index (χ4n) is 4.37. The molecule has 0 aromatic heterocycles. The second-order valence-corrected chi connectivity index (χ2v) is 8.59. The van der Waals surface area contributed by atoms with Crippen LogP contribution in [0.25, 0.3) is 11.1 Å². The molecule has 0 unspecified atom stereocenters. The van der Waals surface area contributed by atoms with Gasteiger partial charge < -0.3 is 0 Å². The summed E-state index contributed by atoms with van der Waals surface area (Å²) in [6, 6.07) is 17.3. The predicted octanol–water partition coefficient (Wildman–Crippen LogP) is 4.85. The van der Waals surface area contributed by atoms with E-state index in [1.54, 1.807) is 0 Å². The molecule has 0 N–H and O–H groups in total. The fourth-order valence-corrected chi connectivity index (χ4v) is 4.37. The molecule has 0 bridgehead atoms. The molecule has 2 aliphatic rings. The van der Waals surface area contributed by atoms with E-state index in [0.717, 1.165) is 39.4 Å². The Morgan fingerprint density at radius 1 is 0.800 bits per heavy atom. The zero-order valence-electron chi connectivity index (χ0n) is 17.6. The van der Waals surface area contributed by atoms with E-state index in [1.165, 1.54) is 22.3 Å². The smallest absolute Gasteiger partial charge is 0.250 e. The maximum absolute atomic E-state index is 13.4. The highest BCUT2D eigenvalue weighted by Crippen LogP contribution is 2.29. The summed E-state index contributed by atoms with van der Waals surface area (Å²) in [5.74, 6) is -2.49. The molecule has 160 valence electrons. The Kier molecular flexibility index (Phi) is 6.61. The van der Waals surface area contributed by atoms with Gasteiger partial charge in [0.05, 0.1) is 6.67 Å². The second-order valence-electron chi connectivity index (χ2n) is 8.59. The third kappa shape index (κ3) is 5.54. The van der Waals surface area contributed by atoms with Crippen molar-refractivity contribution in [2.75, 3.05) is 39.4 Å². The van der Waals surface area contributed by atoms with Gasteiger partial charge in [0.2, 0.25) is 0 Å². The molecule has 2 fully saturated rings. The lowest BCUT2D eigenvalue weighted by atomic mass is 10.0. The highest BCUT2D eigenvalue weighted by molar-refractivity contribution is 5.64. The van der Waals surface area contributed by atoms with E-state index < -0.39 is 5.92 Å². The summed E-state index contributed by atoms with van der Waals surface area (Å²) in [4.78, 5) is 6.99. The average molecular weight is 412 g/mol. The minimum atomic E-state index is -2.49. The predicted molar refractivity (Wildman–Crippen MR) is 118 cm³/mol. The van der Waals surface area contributed by atoms with Crippen molar-refractivity contribution in [1.29, 1.82) is 0 Å². The van der Waals surface area contributed by atoms with Crippen molar-refractivity contribution < 1.29 is 8.78 Å². The van der Waals surface area contributed by atoms with Gasteiger partial charge in [-0.25, -0.2) is 8.78 Å². The zero-order chi connectivity index (χ0) is 21.0. The van der Waals surface area contributed by atoms with Crippen LogP contribution in [0.2, 0.25) is 0 Å². The molecule has 0 radical (unpaired) electrons. The molecule has 2 aromatic rings. The maximum atomic E-state index is 13.4. The van der Waals surface area contributed by atoms with E-state index in [2.05, 4.69) is 69.8 Å². The summed E-state index contributed by atoms with van der Waals surface area (Å²) in [6.07, 6.45) is 1.90. The van der Waals surface area contributed by atoms with Crippen LogP contribution in [0, 0.1) is 0 Å². The largest absolute Gasteiger partial charge is 0.299 e. The van der Waals surface area contributed by atoms with Crippen molar-refractivity contribution in [3.05, 3.63) is 72.3 Å². The highest BCUT2D eigenvalue weighted by atomic mass is 19.3. The van der Waals surface area contributed by atoms with Crippen LogP contribution in [0.5, 0.6) is 0 Å². The number of hydrogen-bond acceptors (Lipinski definition) is 3. The van der Waals surface area contributed by atoms with Crippen molar-refractivity contribution in [2.24, 2.45) is 0 Å². The molecule has 3 nitrogen and oxygen atoms in total. The van der Waals surface area contributed by atoms with Gasteiger partial charge in [0.15, 0.2) is 0 Å². The minimum Gasteiger partial charge on any atom is -0.299 e. The summed E-state index contributed by atoms with van der Waals surface area (Å²) in [5.41, 5.74) is 4.88. The Bertz CT molecular complexity index is 840. The van der Waals surface area contributed by atoms with Gasteiger partial charge in [0, 0.05) is 58.7 Å². The Morgan fingerprint density at radius 2 is 1.50 bits per heavy atom. The lowest BCUT2D eigenvalue weighted by Gasteiger charge is -2.31. The first-order chi connectivity index (χ1) is 14.5. The molecular weight excluding hydrogens is 380 g/mol. The number of alkyl halides is 2. The van der Waals surface area contributed by atoms with Gasteiger partial charge >= 0.3 is 0 Å². The lowest BCUT2D eigenvalue weighted by molar-refractivity contribution is -0.0566. The van der Waals surface area contributed by atoms with Gasteiger partial charge in [-0.05, 0) is 28.3 Å². The Labute approximate surface area is 178 Å². The molecule has 4 rings (SSSR count). The van der Waals surface area contributed by atoms with E-state index >= 15 is 0 Å². The van der Waals surface area contributed by atoms with E-state index in [-0.39, 0.29) is 12.8 Å². The van der Waals surface area contributed by atoms with Crippen LogP contribution >= 0.6 is 0 Å². The molecule has 0 aliphatic carbocycles. The number of likely N-dealkylation sites (tertiary alicyclic amines) is 1. The molecule has 30 heavy (non-hydrogen) atoms. The molecule has 2 heterocycles. The highest BCUT2D eigenvalue weighted by Gasteiger charge is 2.33. The Balaban J connectivity index is 1.35. The van der Waals surface area contributed by atoms with Crippen LogP contribution < -0.4 is 0 Å². The molecule has 2 aliphatic heterocycles. The SMILES string of the molecule is C=CCN1CCN(Cc2ccc(-c3cccc(CN4CCC(F)(F)CC4)c3)cc2)C1. The monoisotopic (exact) mass is 411 g/mol. The van der Waals surface area contributed by atoms with Crippen LogP contribution in [0.3, 0.4) is 0 Å². The van der Waals surface area contributed by atoms with Gasteiger partial charge in [-0.3, -0.25) is 14.7 Å².